The molecule has 0 unspecified atom stereocenters. The van der Waals surface area contributed by atoms with Crippen molar-refractivity contribution in [3.8, 4) is 11.1 Å². The lowest BCUT2D eigenvalue weighted by Crippen LogP contribution is -2.30. The van der Waals surface area contributed by atoms with Crippen LogP contribution in [0.4, 0.5) is 10.7 Å². The summed E-state index contributed by atoms with van der Waals surface area (Å²) in [5, 5.41) is 26.2. The minimum atomic E-state index is -1.58. The summed E-state index contributed by atoms with van der Waals surface area (Å²) in [5.74, 6) is -2.19. The maximum atomic E-state index is 12.3. The van der Waals surface area contributed by atoms with Crippen molar-refractivity contribution in [2.24, 2.45) is 0 Å². The third-order valence-corrected chi connectivity index (χ3v) is 5.30. The first-order chi connectivity index (χ1) is 15.9. The van der Waals surface area contributed by atoms with Gasteiger partial charge >= 0.3 is 12.1 Å². The highest BCUT2D eigenvalue weighted by atomic mass is 16.6. The zero-order valence-electron chi connectivity index (χ0n) is 17.4. The van der Waals surface area contributed by atoms with Gasteiger partial charge in [0.15, 0.2) is 11.8 Å². The summed E-state index contributed by atoms with van der Waals surface area (Å²) in [4.78, 5) is 34.9. The van der Waals surface area contributed by atoms with Crippen molar-refractivity contribution in [3.05, 3.63) is 71.4 Å². The van der Waals surface area contributed by atoms with Gasteiger partial charge in [0.25, 0.3) is 5.91 Å². The fourth-order valence-corrected chi connectivity index (χ4v) is 3.71. The first kappa shape index (κ1) is 22.0. The number of carbonyl (C=O) groups is 3. The first-order valence-electron chi connectivity index (χ1n) is 10.2. The quantitative estimate of drug-likeness (QED) is 0.408. The number of carbonyl (C=O) groups excluding carboxylic acids is 2. The molecule has 1 aromatic heterocycles. The molecular formula is C23H21N3O7. The van der Waals surface area contributed by atoms with Crippen LogP contribution in [-0.4, -0.2) is 52.6 Å². The molecule has 0 radical (unpaired) electrons. The Labute approximate surface area is 188 Å². The number of anilines is 1. The van der Waals surface area contributed by atoms with Gasteiger partial charge < -0.3 is 24.8 Å². The summed E-state index contributed by atoms with van der Waals surface area (Å²) >= 11 is 0. The molecule has 0 saturated carbocycles. The zero-order chi connectivity index (χ0) is 23.4. The number of ether oxygens (including phenoxy) is 1. The molecule has 10 nitrogen and oxygen atoms in total. The van der Waals surface area contributed by atoms with Crippen molar-refractivity contribution in [2.75, 3.05) is 18.5 Å². The standard InChI is InChI=1S/C23H21N3O7/c27-19(22(29)30)9-10-24-21(28)18-11-20(33-26-18)25-23(31)32-12-17-15-7-3-1-5-13(15)14-6-2-4-8-16(14)17/h1-8,11,17,19,27H,9-10,12H2,(H,24,28)(H,25,31)(H,29,30)/t19-/m0/s1. The van der Waals surface area contributed by atoms with Crippen LogP contribution in [0.2, 0.25) is 0 Å². The molecular weight excluding hydrogens is 430 g/mol. The number of aromatic nitrogens is 1. The molecule has 1 aliphatic carbocycles. The SMILES string of the molecule is O=C(Nc1cc(C(=O)NCC[C@H](O)C(=O)O)no1)OCC1c2ccccc2-c2ccccc21. The van der Waals surface area contributed by atoms with Gasteiger partial charge in [0.1, 0.15) is 6.61 Å². The molecule has 1 heterocycles. The largest absolute Gasteiger partial charge is 0.479 e. The van der Waals surface area contributed by atoms with E-state index in [4.69, 9.17) is 14.4 Å². The van der Waals surface area contributed by atoms with Crippen LogP contribution in [0.1, 0.15) is 34.0 Å². The van der Waals surface area contributed by atoms with E-state index < -0.39 is 24.1 Å². The van der Waals surface area contributed by atoms with Crippen LogP contribution in [0.5, 0.6) is 0 Å². The number of aliphatic hydroxyl groups is 1. The second-order valence-electron chi connectivity index (χ2n) is 7.43. The Bertz CT molecular complexity index is 1140. The Balaban J connectivity index is 1.31. The molecule has 2 amide bonds. The molecule has 0 bridgehead atoms. The highest BCUT2D eigenvalue weighted by Gasteiger charge is 2.29. The molecule has 2 aromatic carbocycles. The number of nitrogens with zero attached hydrogens (tertiary/aromatic N) is 1. The van der Waals surface area contributed by atoms with Gasteiger partial charge in [-0.05, 0) is 22.3 Å². The van der Waals surface area contributed by atoms with Crippen molar-refractivity contribution in [2.45, 2.75) is 18.4 Å². The van der Waals surface area contributed by atoms with Crippen molar-refractivity contribution < 1.29 is 33.9 Å². The van der Waals surface area contributed by atoms with E-state index in [-0.39, 0.29) is 37.1 Å². The molecule has 0 fully saturated rings. The first-order valence-corrected chi connectivity index (χ1v) is 10.2. The van der Waals surface area contributed by atoms with Crippen molar-refractivity contribution >= 4 is 23.9 Å². The summed E-state index contributed by atoms with van der Waals surface area (Å²) in [6, 6.07) is 17.1. The highest BCUT2D eigenvalue weighted by molar-refractivity contribution is 5.93. The molecule has 1 atom stereocenters. The van der Waals surface area contributed by atoms with Crippen molar-refractivity contribution in [1.29, 1.82) is 0 Å². The Morgan fingerprint density at radius 1 is 1.06 bits per heavy atom. The molecule has 0 spiro atoms. The second-order valence-corrected chi connectivity index (χ2v) is 7.43. The Kier molecular flexibility index (Phi) is 6.36. The normalized spacial score (nSPS) is 13.0. The molecule has 10 heteroatoms. The molecule has 170 valence electrons. The van der Waals surface area contributed by atoms with Gasteiger partial charge in [-0.1, -0.05) is 53.7 Å². The van der Waals surface area contributed by atoms with Crippen LogP contribution in [0.15, 0.2) is 59.1 Å². The maximum absolute atomic E-state index is 12.3. The average Bonchev–Trinajstić information content (AvgIpc) is 3.40. The van der Waals surface area contributed by atoms with Crippen molar-refractivity contribution in [3.63, 3.8) is 0 Å². The number of hydrogen-bond donors (Lipinski definition) is 4. The van der Waals surface area contributed by atoms with Gasteiger partial charge in [-0.25, -0.2) is 9.59 Å². The summed E-state index contributed by atoms with van der Waals surface area (Å²) in [6.07, 6.45) is -2.50. The third kappa shape index (κ3) is 4.85. The van der Waals surface area contributed by atoms with Crippen LogP contribution in [-0.2, 0) is 9.53 Å². The highest BCUT2D eigenvalue weighted by Crippen LogP contribution is 2.44. The van der Waals surface area contributed by atoms with Crippen LogP contribution < -0.4 is 10.6 Å². The molecule has 3 aromatic rings. The summed E-state index contributed by atoms with van der Waals surface area (Å²) in [5.41, 5.74) is 4.28. The number of carboxylic acid groups (broad SMARTS) is 1. The number of hydrogen-bond acceptors (Lipinski definition) is 7. The third-order valence-electron chi connectivity index (χ3n) is 5.30. The van der Waals surface area contributed by atoms with Crippen LogP contribution in [0.25, 0.3) is 11.1 Å². The number of nitrogens with one attached hydrogen (secondary N) is 2. The minimum Gasteiger partial charge on any atom is -0.479 e. The van der Waals surface area contributed by atoms with Gasteiger partial charge in [0, 0.05) is 24.9 Å². The van der Waals surface area contributed by atoms with Crippen molar-refractivity contribution in [1.82, 2.24) is 10.5 Å². The van der Waals surface area contributed by atoms with E-state index in [1.165, 1.54) is 6.07 Å². The number of aliphatic carboxylic acids is 1. The van der Waals surface area contributed by atoms with Gasteiger partial charge in [-0.3, -0.25) is 10.1 Å². The van der Waals surface area contributed by atoms with E-state index in [0.29, 0.717) is 0 Å². The van der Waals surface area contributed by atoms with E-state index in [2.05, 4.69) is 15.8 Å². The predicted molar refractivity (Wildman–Crippen MR) is 116 cm³/mol. The number of carboxylic acids is 1. The average molecular weight is 451 g/mol. The Morgan fingerprint density at radius 3 is 2.33 bits per heavy atom. The summed E-state index contributed by atoms with van der Waals surface area (Å²) in [6.45, 7) is 0.0432. The molecule has 0 saturated heterocycles. The number of benzene rings is 2. The molecule has 4 rings (SSSR count). The van der Waals surface area contributed by atoms with Gasteiger partial charge in [-0.2, -0.15) is 0 Å². The maximum Gasteiger partial charge on any atom is 0.414 e. The fraction of sp³-hybridized carbons (Fsp3) is 0.217. The number of aliphatic hydroxyl groups excluding tert-OH is 1. The number of rotatable bonds is 8. The van der Waals surface area contributed by atoms with Crippen LogP contribution in [0.3, 0.4) is 0 Å². The fourth-order valence-electron chi connectivity index (χ4n) is 3.71. The summed E-state index contributed by atoms with van der Waals surface area (Å²) < 4.78 is 10.3. The van der Waals surface area contributed by atoms with E-state index in [9.17, 15) is 19.5 Å². The van der Waals surface area contributed by atoms with Crippen LogP contribution >= 0.6 is 0 Å². The smallest absolute Gasteiger partial charge is 0.414 e. The van der Waals surface area contributed by atoms with Gasteiger partial charge in [-0.15, -0.1) is 0 Å². The van der Waals surface area contributed by atoms with Gasteiger partial charge in [0.05, 0.1) is 0 Å². The van der Waals surface area contributed by atoms with Gasteiger partial charge in [0.2, 0.25) is 5.88 Å². The molecule has 1 aliphatic rings. The summed E-state index contributed by atoms with van der Waals surface area (Å²) in [7, 11) is 0. The Morgan fingerprint density at radius 2 is 1.70 bits per heavy atom. The van der Waals surface area contributed by atoms with E-state index in [0.717, 1.165) is 22.3 Å². The zero-order valence-corrected chi connectivity index (χ0v) is 17.4. The molecule has 4 N–H and O–H groups in total. The topological polar surface area (TPSA) is 151 Å². The lowest BCUT2D eigenvalue weighted by Gasteiger charge is -2.13. The minimum absolute atomic E-state index is 0.0751. The lowest BCUT2D eigenvalue weighted by molar-refractivity contribution is -0.146. The predicted octanol–water partition coefficient (Wildman–Crippen LogP) is 2.60. The monoisotopic (exact) mass is 451 g/mol. The number of amides is 2. The van der Waals surface area contributed by atoms with E-state index in [1.807, 2.05) is 48.5 Å². The molecule has 0 aliphatic heterocycles. The molecule has 33 heavy (non-hydrogen) atoms. The van der Waals surface area contributed by atoms with Crippen LogP contribution in [0, 0.1) is 0 Å². The second kappa shape index (κ2) is 9.53. The Hall–Kier alpha value is -4.18. The van der Waals surface area contributed by atoms with E-state index in [1.54, 1.807) is 0 Å². The van der Waals surface area contributed by atoms with E-state index >= 15 is 0 Å². The lowest BCUT2D eigenvalue weighted by atomic mass is 9.98. The number of fused-ring (bicyclic) bond motifs is 3.